The molecule has 0 bridgehead atoms. The summed E-state index contributed by atoms with van der Waals surface area (Å²) in [6.45, 7) is 2.17. The van der Waals surface area contributed by atoms with Crippen LogP contribution in [0, 0.1) is 11.3 Å². The van der Waals surface area contributed by atoms with Gasteiger partial charge in [-0.1, -0.05) is 0 Å². The van der Waals surface area contributed by atoms with Crippen molar-refractivity contribution in [2.75, 3.05) is 30.9 Å². The molecule has 0 atom stereocenters. The van der Waals surface area contributed by atoms with Crippen molar-refractivity contribution >= 4 is 39.3 Å². The zero-order valence-electron chi connectivity index (χ0n) is 15.3. The van der Waals surface area contributed by atoms with E-state index < -0.39 is 5.91 Å². The summed E-state index contributed by atoms with van der Waals surface area (Å²) in [7, 11) is 3.85. The molecule has 0 unspecified atom stereocenters. The first-order valence-corrected chi connectivity index (χ1v) is 9.00. The molecule has 0 radical (unpaired) electrons. The fourth-order valence-corrected chi connectivity index (χ4v) is 2.76. The Kier molecular flexibility index (Phi) is 6.85. The van der Waals surface area contributed by atoms with E-state index in [0.29, 0.717) is 22.3 Å². The summed E-state index contributed by atoms with van der Waals surface area (Å²) < 4.78 is 5.78. The summed E-state index contributed by atoms with van der Waals surface area (Å²) in [4.78, 5) is 14.4. The van der Waals surface area contributed by atoms with Crippen LogP contribution in [0.3, 0.4) is 0 Å². The number of carbonyl (C=O) groups excluding carboxylic acids is 1. The molecule has 1 amide bonds. The quantitative estimate of drug-likeness (QED) is 0.531. The molecule has 27 heavy (non-hydrogen) atoms. The molecule has 0 saturated carbocycles. The van der Waals surface area contributed by atoms with Crippen molar-refractivity contribution in [3.05, 3.63) is 52.0 Å². The lowest BCUT2D eigenvalue weighted by molar-refractivity contribution is -0.112. The van der Waals surface area contributed by atoms with Gasteiger partial charge in [0.15, 0.2) is 11.5 Å². The summed E-state index contributed by atoms with van der Waals surface area (Å²) in [5.41, 5.74) is 2.08. The SMILES string of the molecule is CCOc1cc(/C=C(/C#N)C(=O)Nc2ccc(N(C)C)cc2)cc(Br)c1O. The predicted molar refractivity (Wildman–Crippen MR) is 110 cm³/mol. The van der Waals surface area contributed by atoms with E-state index in [1.807, 2.05) is 37.2 Å². The van der Waals surface area contributed by atoms with Gasteiger partial charge in [-0.3, -0.25) is 4.79 Å². The fraction of sp³-hybridized carbons (Fsp3) is 0.200. The average molecular weight is 430 g/mol. The Labute approximate surface area is 166 Å². The highest BCUT2D eigenvalue weighted by molar-refractivity contribution is 9.10. The minimum Gasteiger partial charge on any atom is -0.503 e. The molecule has 2 N–H and O–H groups in total. The summed E-state index contributed by atoms with van der Waals surface area (Å²) in [6.07, 6.45) is 1.44. The Morgan fingerprint density at radius 1 is 1.33 bits per heavy atom. The van der Waals surface area contributed by atoms with Crippen molar-refractivity contribution in [2.24, 2.45) is 0 Å². The molecule has 0 fully saturated rings. The van der Waals surface area contributed by atoms with Crippen LogP contribution in [0.5, 0.6) is 11.5 Å². The molecule has 0 spiro atoms. The van der Waals surface area contributed by atoms with Crippen LogP contribution in [-0.4, -0.2) is 31.7 Å². The van der Waals surface area contributed by atoms with E-state index in [0.717, 1.165) is 5.69 Å². The first kappa shape index (κ1) is 20.3. The number of ether oxygens (including phenoxy) is 1. The molecule has 0 aliphatic rings. The summed E-state index contributed by atoms with van der Waals surface area (Å²) >= 11 is 3.24. The molecule has 6 nitrogen and oxygen atoms in total. The minimum absolute atomic E-state index is 0.0297. The third-order valence-electron chi connectivity index (χ3n) is 3.67. The molecule has 0 aliphatic heterocycles. The topological polar surface area (TPSA) is 85.6 Å². The van der Waals surface area contributed by atoms with Crippen LogP contribution in [-0.2, 0) is 4.79 Å². The normalized spacial score (nSPS) is 10.9. The van der Waals surface area contributed by atoms with Gasteiger partial charge >= 0.3 is 0 Å². The number of halogens is 1. The van der Waals surface area contributed by atoms with Crippen LogP contribution in [0.4, 0.5) is 11.4 Å². The van der Waals surface area contributed by atoms with E-state index in [2.05, 4.69) is 21.2 Å². The van der Waals surface area contributed by atoms with Gasteiger partial charge in [0, 0.05) is 25.5 Å². The molecule has 7 heteroatoms. The Morgan fingerprint density at radius 2 is 2.00 bits per heavy atom. The summed E-state index contributed by atoms with van der Waals surface area (Å²) in [5.74, 6) is -0.273. The van der Waals surface area contributed by atoms with E-state index in [-0.39, 0.29) is 17.1 Å². The Bertz CT molecular complexity index is 900. The number of anilines is 2. The van der Waals surface area contributed by atoms with Gasteiger partial charge in [-0.25, -0.2) is 0 Å². The fourth-order valence-electron chi connectivity index (χ4n) is 2.30. The standard InChI is InChI=1S/C20H20BrN3O3/c1-4-27-18-11-13(10-17(21)19(18)25)9-14(12-22)20(26)23-15-5-7-16(8-6-15)24(2)3/h5-11,25H,4H2,1-3H3,(H,23,26)/b14-9-. The van der Waals surface area contributed by atoms with Crippen molar-refractivity contribution in [2.45, 2.75) is 6.92 Å². The molecule has 2 rings (SSSR count). The number of phenolic OH excluding ortho intramolecular Hbond substituents is 1. The highest BCUT2D eigenvalue weighted by Crippen LogP contribution is 2.36. The Morgan fingerprint density at radius 3 is 2.56 bits per heavy atom. The number of carbonyl (C=O) groups is 1. The molecule has 0 aliphatic carbocycles. The largest absolute Gasteiger partial charge is 0.503 e. The second-order valence-corrected chi connectivity index (χ2v) is 6.70. The maximum atomic E-state index is 12.4. The molecule has 2 aromatic rings. The highest BCUT2D eigenvalue weighted by Gasteiger charge is 2.13. The van der Waals surface area contributed by atoms with Gasteiger partial charge in [-0.15, -0.1) is 0 Å². The number of phenols is 1. The van der Waals surface area contributed by atoms with Gasteiger partial charge in [0.2, 0.25) is 0 Å². The first-order chi connectivity index (χ1) is 12.8. The minimum atomic E-state index is -0.516. The van der Waals surface area contributed by atoms with Crippen molar-refractivity contribution in [1.82, 2.24) is 0 Å². The molecule has 0 aromatic heterocycles. The number of benzene rings is 2. The number of hydrogen-bond donors (Lipinski definition) is 2. The van der Waals surface area contributed by atoms with Crippen molar-refractivity contribution in [1.29, 1.82) is 5.26 Å². The molecule has 0 heterocycles. The molecular formula is C20H20BrN3O3. The number of nitrogens with zero attached hydrogens (tertiary/aromatic N) is 2. The smallest absolute Gasteiger partial charge is 0.266 e. The van der Waals surface area contributed by atoms with Gasteiger partial charge in [0.05, 0.1) is 11.1 Å². The lowest BCUT2D eigenvalue weighted by Gasteiger charge is -2.13. The monoisotopic (exact) mass is 429 g/mol. The lowest BCUT2D eigenvalue weighted by atomic mass is 10.1. The maximum absolute atomic E-state index is 12.4. The molecular weight excluding hydrogens is 410 g/mol. The third-order valence-corrected chi connectivity index (χ3v) is 4.27. The second-order valence-electron chi connectivity index (χ2n) is 5.85. The van der Waals surface area contributed by atoms with Gasteiger partial charge in [-0.2, -0.15) is 5.26 Å². The third kappa shape index (κ3) is 5.25. The number of hydrogen-bond acceptors (Lipinski definition) is 5. The second kappa shape index (κ2) is 9.10. The molecule has 0 saturated heterocycles. The summed E-state index contributed by atoms with van der Waals surface area (Å²) in [5, 5.41) is 22.0. The number of nitriles is 1. The highest BCUT2D eigenvalue weighted by atomic mass is 79.9. The van der Waals surface area contributed by atoms with E-state index >= 15 is 0 Å². The number of rotatable bonds is 6. The van der Waals surface area contributed by atoms with E-state index in [4.69, 9.17) is 4.74 Å². The average Bonchev–Trinajstić information content (AvgIpc) is 2.64. The van der Waals surface area contributed by atoms with Crippen LogP contribution in [0.1, 0.15) is 12.5 Å². The number of nitrogens with one attached hydrogen (secondary N) is 1. The number of aromatic hydroxyl groups is 1. The van der Waals surface area contributed by atoms with Crippen LogP contribution < -0.4 is 15.0 Å². The lowest BCUT2D eigenvalue weighted by Crippen LogP contribution is -2.14. The van der Waals surface area contributed by atoms with E-state index in [1.165, 1.54) is 6.08 Å². The van der Waals surface area contributed by atoms with Crippen molar-refractivity contribution < 1.29 is 14.6 Å². The van der Waals surface area contributed by atoms with Crippen LogP contribution in [0.25, 0.3) is 6.08 Å². The Hall–Kier alpha value is -2.98. The van der Waals surface area contributed by atoms with Crippen molar-refractivity contribution in [3.63, 3.8) is 0 Å². The zero-order valence-corrected chi connectivity index (χ0v) is 16.9. The van der Waals surface area contributed by atoms with Gasteiger partial charge < -0.3 is 20.1 Å². The maximum Gasteiger partial charge on any atom is 0.266 e. The Balaban J connectivity index is 2.25. The van der Waals surface area contributed by atoms with E-state index in [1.54, 1.807) is 31.2 Å². The van der Waals surface area contributed by atoms with Crippen LogP contribution in [0.15, 0.2) is 46.4 Å². The summed E-state index contributed by atoms with van der Waals surface area (Å²) in [6, 6.07) is 12.4. The first-order valence-electron chi connectivity index (χ1n) is 8.21. The van der Waals surface area contributed by atoms with Crippen LogP contribution in [0.2, 0.25) is 0 Å². The van der Waals surface area contributed by atoms with Gasteiger partial charge in [0.1, 0.15) is 11.6 Å². The van der Waals surface area contributed by atoms with Crippen molar-refractivity contribution in [3.8, 4) is 17.6 Å². The molecule has 140 valence electrons. The zero-order chi connectivity index (χ0) is 20.0. The van der Waals surface area contributed by atoms with E-state index in [9.17, 15) is 15.2 Å². The van der Waals surface area contributed by atoms with Crippen LogP contribution >= 0.6 is 15.9 Å². The number of amides is 1. The predicted octanol–water partition coefficient (Wildman–Crippen LogP) is 4.17. The van der Waals surface area contributed by atoms with Gasteiger partial charge in [0.25, 0.3) is 5.91 Å². The van der Waals surface area contributed by atoms with Gasteiger partial charge in [-0.05, 0) is 70.9 Å². The molecule has 2 aromatic carbocycles.